The van der Waals surface area contributed by atoms with Gasteiger partial charge in [0.25, 0.3) is 0 Å². The van der Waals surface area contributed by atoms with Crippen molar-refractivity contribution < 1.29 is 63.1 Å². The van der Waals surface area contributed by atoms with Crippen molar-refractivity contribution in [3.8, 4) is 50.8 Å². The lowest BCUT2D eigenvalue weighted by Crippen LogP contribution is -2.29. The van der Waals surface area contributed by atoms with Gasteiger partial charge in [0.1, 0.15) is 29.1 Å². The molecule has 6 aliphatic rings. The summed E-state index contributed by atoms with van der Waals surface area (Å²) in [6, 6.07) is 43.1. The molecule has 0 radical (unpaired) electrons. The fraction of sp³-hybridized carbons (Fsp3) is 0.205. The number of hydrogen-bond acceptors (Lipinski definition) is 21. The molecular formula is C78H67N13O13. The Balaban J connectivity index is 0.525. The lowest BCUT2D eigenvalue weighted by atomic mass is 9.84. The molecule has 2 unspecified atom stereocenters. The van der Waals surface area contributed by atoms with E-state index in [1.54, 1.807) is 112 Å². The first-order chi connectivity index (χ1) is 50.2. The molecule has 0 bridgehead atoms. The summed E-state index contributed by atoms with van der Waals surface area (Å²) in [7, 11) is 0. The molecular weight excluding hydrogens is 1330 g/mol. The van der Waals surface area contributed by atoms with Gasteiger partial charge in [-0.15, -0.1) is 0 Å². The number of nitrogens with zero attached hydrogens (tertiary/aromatic N) is 9. The summed E-state index contributed by atoms with van der Waals surface area (Å²) in [4.78, 5) is 82.5. The van der Waals surface area contributed by atoms with Crippen molar-refractivity contribution in [2.24, 2.45) is 36.0 Å². The van der Waals surface area contributed by atoms with E-state index in [1.165, 1.54) is 44.5 Å². The van der Waals surface area contributed by atoms with E-state index >= 15 is 0 Å². The van der Waals surface area contributed by atoms with Crippen LogP contribution in [-0.2, 0) is 62.4 Å². The summed E-state index contributed by atoms with van der Waals surface area (Å²) in [5.41, 5.74) is 20.5. The highest BCUT2D eigenvalue weighted by Crippen LogP contribution is 2.44. The lowest BCUT2D eigenvalue weighted by Gasteiger charge is -2.26. The fourth-order valence-electron chi connectivity index (χ4n) is 13.9. The number of aryl methyl sites for hydroxylation is 3. The van der Waals surface area contributed by atoms with Gasteiger partial charge in [-0.1, -0.05) is 67.6 Å². The number of carbonyl (C=O) groups is 6. The number of aromatic hydroxyl groups is 3. The maximum atomic E-state index is 14.0. The Hall–Kier alpha value is -13.3. The predicted octanol–water partition coefficient (Wildman–Crippen LogP) is 12.6. The molecule has 0 saturated carbocycles. The Kier molecular flexibility index (Phi) is 17.3. The van der Waals surface area contributed by atoms with Crippen LogP contribution < -0.4 is 31.3 Å². The maximum Gasteiger partial charge on any atom is 0.374 e. The number of para-hydroxylation sites is 3. The number of aromatic carboxylic acids is 1. The molecule has 2 aromatic heterocycles. The second kappa shape index (κ2) is 27.0. The van der Waals surface area contributed by atoms with Crippen molar-refractivity contribution in [3.05, 3.63) is 208 Å². The van der Waals surface area contributed by atoms with Gasteiger partial charge in [0.2, 0.25) is 5.76 Å². The van der Waals surface area contributed by atoms with Gasteiger partial charge in [-0.3, -0.25) is 30.7 Å². The fourth-order valence-corrected chi connectivity index (χ4v) is 13.9. The van der Waals surface area contributed by atoms with Crippen molar-refractivity contribution in [1.82, 2.24) is 4.98 Å². The molecule has 8 N–H and O–H groups in total. The number of H-pyrrole nitrogens is 1. The highest BCUT2D eigenvalue weighted by atomic mass is 16.5. The average Bonchev–Trinajstić information content (AvgIpc) is 1.57. The molecule has 26 nitrogen and oxygen atoms in total. The van der Waals surface area contributed by atoms with Gasteiger partial charge in [0.15, 0.2) is 22.9 Å². The standard InChI is InChI=1S/C78H67N13O13/c1-41-66(84-81-61-18-8-15-58(70(61)93)52-37-63(75(98)99)79-40-52)73(96)90(87-41)54-25-21-47-36-56(27-23-46(47)34-54)103-76(100)49-13-6-12-48(32-49)57-14-7-17-60(69(57)92)80-83-68-43(3)88-91(74(68)97)55-26-22-50-38-78(4,39-51(50)35-55)30-31-102-77(101)65-29-28-64(104-65)59-16-9-19-62(71(59)94)82-85-67-42(2)86-89(72(67)95)53-24-20-44-10-5-11-45(44)33-53/h6-9,12-22,24-26,28-29,32-35,37,40,56,79-82,92-94H,5,10-11,23,27,30-31,36,38-39H2,1-4H3,(H,98,99)/b83-68-,84-66-,85-67-. The largest absolute Gasteiger partial charge is 0.505 e. The van der Waals surface area contributed by atoms with Crippen LogP contribution in [0.5, 0.6) is 17.2 Å². The smallest absolute Gasteiger partial charge is 0.374 e. The first kappa shape index (κ1) is 66.6. The minimum atomic E-state index is -1.14. The van der Waals surface area contributed by atoms with Crippen LogP contribution in [0.3, 0.4) is 0 Å². The summed E-state index contributed by atoms with van der Waals surface area (Å²) < 4.78 is 17.7. The Morgan fingerprint density at radius 1 is 0.567 bits per heavy atom. The Labute approximate surface area is 594 Å². The Morgan fingerprint density at radius 2 is 1.08 bits per heavy atom. The molecule has 3 aliphatic carbocycles. The average molecular weight is 1390 g/mol. The Morgan fingerprint density at radius 3 is 1.66 bits per heavy atom. The maximum absolute atomic E-state index is 14.0. The van der Waals surface area contributed by atoms with E-state index in [1.807, 2.05) is 48.5 Å². The predicted molar refractivity (Wildman–Crippen MR) is 392 cm³/mol. The van der Waals surface area contributed by atoms with E-state index < -0.39 is 41.7 Å². The third-order valence-corrected chi connectivity index (χ3v) is 19.5. The zero-order chi connectivity index (χ0) is 72.2. The number of carboxylic acids is 1. The van der Waals surface area contributed by atoms with Crippen LogP contribution in [0.1, 0.15) is 112 Å². The number of nitrogens with one attached hydrogen (secondary N) is 4. The normalized spacial score (nSPS) is 18.6. The number of carboxylic acid groups (broad SMARTS) is 1. The van der Waals surface area contributed by atoms with Crippen molar-refractivity contribution in [3.63, 3.8) is 0 Å². The number of phenolic OH excluding ortho intramolecular Hbond substituents is 3. The highest BCUT2D eigenvalue weighted by Gasteiger charge is 2.38. The first-order valence-electron chi connectivity index (χ1n) is 33.7. The number of furan rings is 1. The third-order valence-electron chi connectivity index (χ3n) is 19.5. The summed E-state index contributed by atoms with van der Waals surface area (Å²) in [5.74, 6) is -4.15. The number of aromatic amines is 1. The van der Waals surface area contributed by atoms with E-state index in [4.69, 9.17) is 13.9 Å². The van der Waals surface area contributed by atoms with Crippen LogP contribution in [0.25, 0.3) is 33.6 Å². The van der Waals surface area contributed by atoms with Gasteiger partial charge >= 0.3 is 35.6 Å². The second-order valence-corrected chi connectivity index (χ2v) is 26.6. The van der Waals surface area contributed by atoms with Gasteiger partial charge in [-0.25, -0.2) is 14.4 Å². The molecule has 7 aromatic carbocycles. The number of benzene rings is 7. The van der Waals surface area contributed by atoms with Crippen LogP contribution in [0.2, 0.25) is 0 Å². The summed E-state index contributed by atoms with van der Waals surface area (Å²) in [5, 5.41) is 73.8. The quantitative estimate of drug-likeness (QED) is 0.0212. The molecule has 3 amide bonds. The van der Waals surface area contributed by atoms with Crippen molar-refractivity contribution in [1.29, 1.82) is 0 Å². The van der Waals surface area contributed by atoms with Gasteiger partial charge in [0, 0.05) is 29.3 Å². The number of anilines is 6. The number of amides is 3. The number of hydrogen-bond donors (Lipinski definition) is 8. The number of aromatic nitrogens is 1. The molecule has 522 valence electrons. The van der Waals surface area contributed by atoms with Gasteiger partial charge < -0.3 is 39.3 Å². The summed E-state index contributed by atoms with van der Waals surface area (Å²) in [6.07, 6.45) is 7.42. The van der Waals surface area contributed by atoms with Gasteiger partial charge in [-0.2, -0.15) is 45.6 Å². The molecule has 3 aliphatic heterocycles. The topological polar surface area (TPSA) is 351 Å². The number of hydrazone groups is 6. The highest BCUT2D eigenvalue weighted by molar-refractivity contribution is 6.72. The molecule has 5 heterocycles. The molecule has 26 heteroatoms. The summed E-state index contributed by atoms with van der Waals surface area (Å²) >= 11 is 0. The zero-order valence-electron chi connectivity index (χ0n) is 56.6. The SMILES string of the molecule is CC1=NN(c2ccc3c(c2)CCC(OC(=O)c2cccc(-c4cccc(N/N=C5\C(=O)N(c6ccc7c(c6)CC(C)(CCOC(=O)c6ccc(-c8cccc(N/N=C9\C(=O)N(c%10ccc%11c(c%10)CCC%11)N=C9C)c8O)o6)C7)N=C5C)c4O)c2)C3)C(=O)/C1=N\Nc1cccc(-c2c[nH]c(C(=O)O)c2)c1O. The third kappa shape index (κ3) is 12.8. The van der Waals surface area contributed by atoms with E-state index in [0.29, 0.717) is 95.0 Å². The van der Waals surface area contributed by atoms with Gasteiger partial charge in [-0.05, 0) is 207 Å². The minimum Gasteiger partial charge on any atom is -0.505 e. The van der Waals surface area contributed by atoms with E-state index in [-0.39, 0.29) is 91.8 Å². The van der Waals surface area contributed by atoms with Crippen molar-refractivity contribution in [2.75, 3.05) is 37.9 Å². The minimum absolute atomic E-state index is 0.0300. The Bertz CT molecular complexity index is 5330. The monoisotopic (exact) mass is 1390 g/mol. The number of carbonyl (C=O) groups excluding carboxylic acids is 5. The number of esters is 2. The van der Waals surface area contributed by atoms with Crippen LogP contribution >= 0.6 is 0 Å². The van der Waals surface area contributed by atoms with E-state index in [0.717, 1.165) is 41.5 Å². The van der Waals surface area contributed by atoms with Crippen molar-refractivity contribution in [2.45, 2.75) is 91.6 Å². The number of phenols is 3. The van der Waals surface area contributed by atoms with Gasteiger partial charge in [0.05, 0.1) is 69.0 Å². The lowest BCUT2D eigenvalue weighted by molar-refractivity contribution is -0.112. The number of rotatable bonds is 19. The van der Waals surface area contributed by atoms with Crippen LogP contribution in [-0.4, -0.2) is 108 Å². The zero-order valence-corrected chi connectivity index (χ0v) is 56.6. The van der Waals surface area contributed by atoms with E-state index in [2.05, 4.69) is 58.8 Å². The summed E-state index contributed by atoms with van der Waals surface area (Å²) in [6.45, 7) is 7.22. The van der Waals surface area contributed by atoms with Crippen LogP contribution in [0, 0.1) is 5.41 Å². The van der Waals surface area contributed by atoms with Crippen LogP contribution in [0.4, 0.5) is 34.1 Å². The molecule has 0 fully saturated rings. The molecule has 2 atom stereocenters. The molecule has 0 spiro atoms. The second-order valence-electron chi connectivity index (χ2n) is 26.6. The van der Waals surface area contributed by atoms with E-state index in [9.17, 15) is 49.2 Å². The molecule has 9 aromatic rings. The number of ether oxygens (including phenoxy) is 2. The number of fused-ring (bicyclic) bond motifs is 3. The van der Waals surface area contributed by atoms with Crippen LogP contribution in [0.15, 0.2) is 193 Å². The van der Waals surface area contributed by atoms with Crippen molar-refractivity contribution >= 4 is 104 Å². The molecule has 104 heavy (non-hydrogen) atoms. The molecule has 15 rings (SSSR count). The molecule has 0 saturated heterocycles. The first-order valence-corrected chi connectivity index (χ1v) is 33.7.